The molecule has 0 N–H and O–H groups in total. The lowest BCUT2D eigenvalue weighted by atomic mass is 9.95. The summed E-state index contributed by atoms with van der Waals surface area (Å²) in [5, 5.41) is 6.68. The molecule has 0 fully saturated rings. The van der Waals surface area contributed by atoms with E-state index in [9.17, 15) is 0 Å². The number of para-hydroxylation sites is 1. The predicted octanol–water partition coefficient (Wildman–Crippen LogP) is 14.1. The molecule has 0 aliphatic rings. The maximum Gasteiger partial charge on any atom is 0.164 e. The summed E-state index contributed by atoms with van der Waals surface area (Å²) in [4.78, 5) is 15.6. The summed E-state index contributed by atoms with van der Waals surface area (Å²) in [6.45, 7) is 0. The van der Waals surface area contributed by atoms with Gasteiger partial charge in [-0.1, -0.05) is 194 Å². The molecule has 0 atom stereocenters. The summed E-state index contributed by atoms with van der Waals surface area (Å²) in [5.74, 6) is 1.82. The second-order valence-corrected chi connectivity index (χ2v) is 14.3. The molecule has 4 nitrogen and oxygen atoms in total. The Kier molecular flexibility index (Phi) is 7.78. The lowest BCUT2D eigenvalue weighted by Gasteiger charge is -2.11. The minimum absolute atomic E-state index is 0.591. The van der Waals surface area contributed by atoms with E-state index >= 15 is 0 Å². The molecule has 4 heteroatoms. The first kappa shape index (κ1) is 32.7. The van der Waals surface area contributed by atoms with E-state index in [1.165, 1.54) is 21.9 Å². The average Bonchev–Trinajstić information content (AvgIpc) is 3.68. The predicted molar refractivity (Wildman–Crippen MR) is 235 cm³/mol. The molecule has 0 unspecified atom stereocenters. The minimum Gasteiger partial charge on any atom is -0.455 e. The Balaban J connectivity index is 1.06. The number of hydrogen-bond acceptors (Lipinski definition) is 4. The van der Waals surface area contributed by atoms with E-state index in [-0.39, 0.29) is 0 Å². The second kappa shape index (κ2) is 13.6. The van der Waals surface area contributed by atoms with E-state index in [0.717, 1.165) is 71.7 Å². The van der Waals surface area contributed by atoms with Crippen LogP contribution in [0.4, 0.5) is 0 Å². The van der Waals surface area contributed by atoms with Gasteiger partial charge >= 0.3 is 0 Å². The van der Waals surface area contributed by atoms with Crippen molar-refractivity contribution in [3.63, 3.8) is 0 Å². The molecule has 0 saturated heterocycles. The molecule has 11 aromatic rings. The van der Waals surface area contributed by atoms with Crippen LogP contribution in [0, 0.1) is 0 Å². The van der Waals surface area contributed by atoms with E-state index in [0.29, 0.717) is 17.5 Å². The van der Waals surface area contributed by atoms with Crippen molar-refractivity contribution in [2.45, 2.75) is 0 Å². The molecule has 9 aromatic carbocycles. The molecule has 0 saturated carbocycles. The molecule has 0 aliphatic heterocycles. The summed E-state index contributed by atoms with van der Waals surface area (Å²) < 4.78 is 6.74. The van der Waals surface area contributed by atoms with Crippen LogP contribution in [0.3, 0.4) is 0 Å². The fourth-order valence-corrected chi connectivity index (χ4v) is 8.18. The van der Waals surface area contributed by atoms with Crippen molar-refractivity contribution in [1.82, 2.24) is 15.0 Å². The Morgan fingerprint density at radius 1 is 0.281 bits per heavy atom. The van der Waals surface area contributed by atoms with E-state index in [2.05, 4.69) is 182 Å². The molecule has 57 heavy (non-hydrogen) atoms. The van der Waals surface area contributed by atoms with Crippen molar-refractivity contribution in [3.8, 4) is 67.5 Å². The minimum atomic E-state index is 0.591. The van der Waals surface area contributed by atoms with Crippen LogP contribution >= 0.6 is 0 Å². The number of furan rings is 1. The van der Waals surface area contributed by atoms with Gasteiger partial charge in [-0.2, -0.15) is 0 Å². The van der Waals surface area contributed by atoms with Crippen molar-refractivity contribution in [3.05, 3.63) is 200 Å². The van der Waals surface area contributed by atoms with Crippen LogP contribution in [0.1, 0.15) is 0 Å². The van der Waals surface area contributed by atoms with Gasteiger partial charge in [0.05, 0.1) is 0 Å². The van der Waals surface area contributed by atoms with Crippen molar-refractivity contribution in [2.24, 2.45) is 0 Å². The van der Waals surface area contributed by atoms with Crippen LogP contribution in [-0.2, 0) is 0 Å². The van der Waals surface area contributed by atoms with Crippen LogP contribution in [0.2, 0.25) is 0 Å². The van der Waals surface area contributed by atoms with Crippen LogP contribution in [0.25, 0.3) is 111 Å². The third-order valence-electron chi connectivity index (χ3n) is 11.0. The van der Waals surface area contributed by atoms with Gasteiger partial charge in [0.25, 0.3) is 0 Å². The lowest BCUT2D eigenvalue weighted by Crippen LogP contribution is -2.01. The third kappa shape index (κ3) is 5.74. The molecule has 2 aromatic heterocycles. The van der Waals surface area contributed by atoms with Crippen LogP contribution in [-0.4, -0.2) is 15.0 Å². The Labute approximate surface area is 329 Å². The maximum atomic E-state index is 6.74. The summed E-state index contributed by atoms with van der Waals surface area (Å²) in [6, 6.07) is 69.8. The van der Waals surface area contributed by atoms with Gasteiger partial charge < -0.3 is 4.42 Å². The zero-order valence-electron chi connectivity index (χ0n) is 30.8. The van der Waals surface area contributed by atoms with Gasteiger partial charge in [0.15, 0.2) is 17.5 Å². The van der Waals surface area contributed by atoms with Crippen LogP contribution < -0.4 is 0 Å². The Hall–Kier alpha value is -7.69. The van der Waals surface area contributed by atoms with E-state index in [1.54, 1.807) is 0 Å². The standard InChI is InChI=1S/C53H33N3O/c1-2-12-34(13-3-1)35-26-32-40(33-27-35)51-54-52(45-22-9-17-37-15-5-7-19-43(37)45)56-53(55-51)47-24-11-25-48-49(47)46-23-10-21-44(50(46)57-48)39-30-28-38(29-31-39)42-20-8-16-36-14-4-6-18-41(36)42/h1-33H. The molecular formula is C53H33N3O. The van der Waals surface area contributed by atoms with E-state index < -0.39 is 0 Å². The number of rotatable bonds is 6. The van der Waals surface area contributed by atoms with Gasteiger partial charge in [-0.05, 0) is 55.4 Å². The van der Waals surface area contributed by atoms with Crippen LogP contribution in [0.15, 0.2) is 205 Å². The largest absolute Gasteiger partial charge is 0.455 e. The molecule has 0 aliphatic carbocycles. The second-order valence-electron chi connectivity index (χ2n) is 14.3. The van der Waals surface area contributed by atoms with Crippen LogP contribution in [0.5, 0.6) is 0 Å². The molecule has 0 amide bonds. The molecule has 0 spiro atoms. The fourth-order valence-electron chi connectivity index (χ4n) is 8.18. The zero-order valence-corrected chi connectivity index (χ0v) is 30.8. The van der Waals surface area contributed by atoms with Crippen molar-refractivity contribution < 1.29 is 4.42 Å². The van der Waals surface area contributed by atoms with E-state index in [4.69, 9.17) is 19.4 Å². The lowest BCUT2D eigenvalue weighted by molar-refractivity contribution is 0.670. The molecule has 266 valence electrons. The fraction of sp³-hybridized carbons (Fsp3) is 0. The van der Waals surface area contributed by atoms with Gasteiger partial charge in [-0.3, -0.25) is 0 Å². The SMILES string of the molecule is c1ccc(-c2ccc(-c3nc(-c4cccc5ccccc45)nc(-c4cccc5oc6c(-c7ccc(-c8cccc9ccccc89)cc7)cccc6c45)n3)cc2)cc1. The van der Waals surface area contributed by atoms with Gasteiger partial charge in [-0.25, -0.2) is 15.0 Å². The highest BCUT2D eigenvalue weighted by atomic mass is 16.3. The van der Waals surface area contributed by atoms with Gasteiger partial charge in [0.1, 0.15) is 11.2 Å². The van der Waals surface area contributed by atoms with Crippen molar-refractivity contribution >= 4 is 43.5 Å². The maximum absolute atomic E-state index is 6.74. The third-order valence-corrected chi connectivity index (χ3v) is 11.0. The Morgan fingerprint density at radius 2 is 0.737 bits per heavy atom. The van der Waals surface area contributed by atoms with Gasteiger partial charge in [0.2, 0.25) is 0 Å². The topological polar surface area (TPSA) is 51.8 Å². The highest BCUT2D eigenvalue weighted by Gasteiger charge is 2.20. The monoisotopic (exact) mass is 727 g/mol. The van der Waals surface area contributed by atoms with Gasteiger partial charge in [0, 0.05) is 33.0 Å². The van der Waals surface area contributed by atoms with Crippen molar-refractivity contribution in [2.75, 3.05) is 0 Å². The number of benzene rings is 9. The number of hydrogen-bond donors (Lipinski definition) is 0. The smallest absolute Gasteiger partial charge is 0.164 e. The molecule has 0 radical (unpaired) electrons. The van der Waals surface area contributed by atoms with E-state index in [1.807, 2.05) is 18.2 Å². The first-order valence-corrected chi connectivity index (χ1v) is 19.2. The summed E-state index contributed by atoms with van der Waals surface area (Å²) in [6.07, 6.45) is 0. The summed E-state index contributed by atoms with van der Waals surface area (Å²) >= 11 is 0. The highest BCUT2D eigenvalue weighted by Crippen LogP contribution is 2.41. The Bertz CT molecular complexity index is 3270. The van der Waals surface area contributed by atoms with Crippen molar-refractivity contribution in [1.29, 1.82) is 0 Å². The molecular weight excluding hydrogens is 695 g/mol. The Morgan fingerprint density at radius 3 is 1.47 bits per heavy atom. The quantitative estimate of drug-likeness (QED) is 0.171. The summed E-state index contributed by atoms with van der Waals surface area (Å²) in [7, 11) is 0. The first-order chi connectivity index (χ1) is 28.2. The number of nitrogens with zero attached hydrogens (tertiary/aromatic N) is 3. The molecule has 0 bridgehead atoms. The highest BCUT2D eigenvalue weighted by molar-refractivity contribution is 6.15. The number of aromatic nitrogens is 3. The normalized spacial score (nSPS) is 11.5. The molecule has 11 rings (SSSR count). The first-order valence-electron chi connectivity index (χ1n) is 19.2. The average molecular weight is 728 g/mol. The van der Waals surface area contributed by atoms with Gasteiger partial charge in [-0.15, -0.1) is 0 Å². The summed E-state index contributed by atoms with van der Waals surface area (Å²) in [5.41, 5.74) is 11.2. The zero-order chi connectivity index (χ0) is 37.7. The molecule has 2 heterocycles. The number of fused-ring (bicyclic) bond motifs is 5.